The van der Waals surface area contributed by atoms with Crippen LogP contribution < -0.4 is 5.73 Å². The van der Waals surface area contributed by atoms with Gasteiger partial charge in [-0.1, -0.05) is 0 Å². The molecule has 4 nitrogen and oxygen atoms in total. The third-order valence-electron chi connectivity index (χ3n) is 4.20. The summed E-state index contributed by atoms with van der Waals surface area (Å²) in [5.41, 5.74) is 8.77. The third-order valence-corrected chi connectivity index (χ3v) is 4.20. The highest BCUT2D eigenvalue weighted by atomic mass is 15.3. The van der Waals surface area contributed by atoms with Crippen molar-refractivity contribution in [2.24, 2.45) is 12.8 Å². The minimum atomic E-state index is 0.256. The Morgan fingerprint density at radius 2 is 2.24 bits per heavy atom. The first kappa shape index (κ1) is 12.6. The van der Waals surface area contributed by atoms with E-state index in [4.69, 9.17) is 5.73 Å². The Kier molecular flexibility index (Phi) is 3.27. The van der Waals surface area contributed by atoms with Crippen LogP contribution in [0.2, 0.25) is 0 Å². The first-order valence-corrected chi connectivity index (χ1v) is 6.42. The van der Waals surface area contributed by atoms with Crippen molar-refractivity contribution in [1.82, 2.24) is 14.7 Å². The van der Waals surface area contributed by atoms with E-state index in [2.05, 4.69) is 30.8 Å². The lowest BCUT2D eigenvalue weighted by Crippen LogP contribution is -2.43. The second-order valence-electron chi connectivity index (χ2n) is 5.67. The Morgan fingerprint density at radius 1 is 1.53 bits per heavy atom. The second kappa shape index (κ2) is 4.42. The fourth-order valence-electron chi connectivity index (χ4n) is 2.97. The molecule has 1 aliphatic heterocycles. The van der Waals surface area contributed by atoms with Gasteiger partial charge in [-0.3, -0.25) is 9.58 Å². The number of hydrogen-bond donors (Lipinski definition) is 1. The lowest BCUT2D eigenvalue weighted by atomic mass is 9.98. The minimum Gasteiger partial charge on any atom is -0.329 e. The van der Waals surface area contributed by atoms with Crippen molar-refractivity contribution in [3.63, 3.8) is 0 Å². The van der Waals surface area contributed by atoms with Crippen LogP contribution in [0, 0.1) is 6.92 Å². The maximum absolute atomic E-state index is 6.01. The van der Waals surface area contributed by atoms with Gasteiger partial charge in [-0.15, -0.1) is 0 Å². The summed E-state index contributed by atoms with van der Waals surface area (Å²) in [7, 11) is 1.99. The van der Waals surface area contributed by atoms with Gasteiger partial charge in [-0.2, -0.15) is 5.10 Å². The van der Waals surface area contributed by atoms with Gasteiger partial charge in [0.25, 0.3) is 0 Å². The second-order valence-corrected chi connectivity index (χ2v) is 5.67. The van der Waals surface area contributed by atoms with Gasteiger partial charge >= 0.3 is 0 Å². The molecule has 2 heterocycles. The summed E-state index contributed by atoms with van der Waals surface area (Å²) in [4.78, 5) is 2.54. The lowest BCUT2D eigenvalue weighted by Gasteiger charge is -2.38. The zero-order valence-electron chi connectivity index (χ0n) is 11.4. The Balaban J connectivity index is 2.31. The number of aromatic nitrogens is 2. The summed E-state index contributed by atoms with van der Waals surface area (Å²) in [6.07, 6.45) is 4.49. The molecule has 1 aliphatic rings. The molecule has 1 aromatic rings. The molecule has 0 aromatic carbocycles. The molecule has 1 unspecified atom stereocenters. The summed E-state index contributed by atoms with van der Waals surface area (Å²) in [6, 6.07) is 0.307. The van der Waals surface area contributed by atoms with Gasteiger partial charge in [0.2, 0.25) is 0 Å². The SMILES string of the molecule is Cc1c(C(CN)N2CCCC2(C)C)cnn1C. The predicted molar refractivity (Wildman–Crippen MR) is 69.8 cm³/mol. The maximum atomic E-state index is 6.01. The Bertz CT molecular complexity index is 394. The predicted octanol–water partition coefficient (Wildman–Crippen LogP) is 1.60. The van der Waals surface area contributed by atoms with E-state index in [-0.39, 0.29) is 5.54 Å². The van der Waals surface area contributed by atoms with Crippen molar-refractivity contribution >= 4 is 0 Å². The molecule has 96 valence electrons. The molecule has 0 aliphatic carbocycles. The molecule has 2 rings (SSSR count). The summed E-state index contributed by atoms with van der Waals surface area (Å²) in [5, 5.41) is 4.34. The maximum Gasteiger partial charge on any atom is 0.0540 e. The average molecular weight is 236 g/mol. The van der Waals surface area contributed by atoms with E-state index in [9.17, 15) is 0 Å². The van der Waals surface area contributed by atoms with E-state index < -0.39 is 0 Å². The smallest absolute Gasteiger partial charge is 0.0540 e. The fourth-order valence-corrected chi connectivity index (χ4v) is 2.97. The number of rotatable bonds is 3. The highest BCUT2D eigenvalue weighted by molar-refractivity contribution is 5.22. The van der Waals surface area contributed by atoms with Gasteiger partial charge in [-0.05, 0) is 40.2 Å². The van der Waals surface area contributed by atoms with Crippen LogP contribution in [0.25, 0.3) is 0 Å². The first-order valence-electron chi connectivity index (χ1n) is 6.42. The normalized spacial score (nSPS) is 21.9. The van der Waals surface area contributed by atoms with E-state index in [1.165, 1.54) is 24.1 Å². The molecule has 2 N–H and O–H groups in total. The van der Waals surface area contributed by atoms with E-state index >= 15 is 0 Å². The van der Waals surface area contributed by atoms with Gasteiger partial charge < -0.3 is 5.73 Å². The quantitative estimate of drug-likeness (QED) is 0.867. The highest BCUT2D eigenvalue weighted by Gasteiger charge is 2.37. The van der Waals surface area contributed by atoms with Gasteiger partial charge in [0.15, 0.2) is 0 Å². The minimum absolute atomic E-state index is 0.256. The van der Waals surface area contributed by atoms with Crippen LogP contribution in [0.1, 0.15) is 44.0 Å². The highest BCUT2D eigenvalue weighted by Crippen LogP contribution is 2.36. The molecule has 0 saturated carbocycles. The van der Waals surface area contributed by atoms with Crippen LogP contribution in [0.3, 0.4) is 0 Å². The monoisotopic (exact) mass is 236 g/mol. The number of aryl methyl sites for hydroxylation is 1. The molecule has 0 amide bonds. The number of likely N-dealkylation sites (tertiary alicyclic amines) is 1. The average Bonchev–Trinajstić information content (AvgIpc) is 2.77. The van der Waals surface area contributed by atoms with Crippen LogP contribution >= 0.6 is 0 Å². The summed E-state index contributed by atoms with van der Waals surface area (Å²) < 4.78 is 1.93. The molecule has 1 atom stereocenters. The molecule has 1 fully saturated rings. The molecule has 0 spiro atoms. The van der Waals surface area contributed by atoms with Crippen LogP contribution in [0.15, 0.2) is 6.20 Å². The van der Waals surface area contributed by atoms with Crippen molar-refractivity contribution in [2.75, 3.05) is 13.1 Å². The molecule has 1 saturated heterocycles. The standard InChI is InChI=1S/C13H24N4/c1-10-11(9-15-16(10)4)12(8-14)17-7-5-6-13(17,2)3/h9,12H,5-8,14H2,1-4H3. The molecule has 17 heavy (non-hydrogen) atoms. The number of hydrogen-bond acceptors (Lipinski definition) is 3. The van der Waals surface area contributed by atoms with Crippen molar-refractivity contribution in [3.8, 4) is 0 Å². The first-order chi connectivity index (χ1) is 7.97. The topological polar surface area (TPSA) is 47.1 Å². The molecule has 0 radical (unpaired) electrons. The molecule has 4 heteroatoms. The molecular formula is C13H24N4. The van der Waals surface area contributed by atoms with E-state index in [1.54, 1.807) is 0 Å². The van der Waals surface area contributed by atoms with Crippen molar-refractivity contribution in [3.05, 3.63) is 17.5 Å². The lowest BCUT2D eigenvalue weighted by molar-refractivity contribution is 0.118. The molecular weight excluding hydrogens is 212 g/mol. The van der Waals surface area contributed by atoms with Crippen LogP contribution in [-0.4, -0.2) is 33.3 Å². The van der Waals surface area contributed by atoms with Gasteiger partial charge in [0, 0.05) is 30.4 Å². The van der Waals surface area contributed by atoms with Gasteiger partial charge in [0.05, 0.1) is 12.2 Å². The Labute approximate surface area is 104 Å². The van der Waals surface area contributed by atoms with E-state index in [0.717, 1.165) is 6.54 Å². The summed E-state index contributed by atoms with van der Waals surface area (Å²) in [5.74, 6) is 0. The Morgan fingerprint density at radius 3 is 2.65 bits per heavy atom. The zero-order valence-corrected chi connectivity index (χ0v) is 11.4. The fraction of sp³-hybridized carbons (Fsp3) is 0.769. The van der Waals surface area contributed by atoms with Gasteiger partial charge in [-0.25, -0.2) is 0 Å². The third kappa shape index (κ3) is 2.11. The van der Waals surface area contributed by atoms with Crippen molar-refractivity contribution in [1.29, 1.82) is 0 Å². The van der Waals surface area contributed by atoms with Gasteiger partial charge in [0.1, 0.15) is 0 Å². The molecule has 0 bridgehead atoms. The van der Waals surface area contributed by atoms with E-state index in [0.29, 0.717) is 12.6 Å². The summed E-state index contributed by atoms with van der Waals surface area (Å²) in [6.45, 7) is 8.55. The number of nitrogens with two attached hydrogens (primary N) is 1. The Hall–Kier alpha value is -0.870. The van der Waals surface area contributed by atoms with Crippen molar-refractivity contribution < 1.29 is 0 Å². The van der Waals surface area contributed by atoms with E-state index in [1.807, 2.05) is 17.9 Å². The summed E-state index contributed by atoms with van der Waals surface area (Å²) >= 11 is 0. The molecule has 1 aromatic heterocycles. The number of nitrogens with zero attached hydrogens (tertiary/aromatic N) is 3. The largest absolute Gasteiger partial charge is 0.329 e. The van der Waals surface area contributed by atoms with Crippen LogP contribution in [0.5, 0.6) is 0 Å². The van der Waals surface area contributed by atoms with Crippen LogP contribution in [-0.2, 0) is 7.05 Å². The van der Waals surface area contributed by atoms with Crippen LogP contribution in [0.4, 0.5) is 0 Å². The zero-order chi connectivity index (χ0) is 12.6. The van der Waals surface area contributed by atoms with Crippen molar-refractivity contribution in [2.45, 2.75) is 45.2 Å².